The molecule has 1 fully saturated rings. The van der Waals surface area contributed by atoms with Gasteiger partial charge in [0.05, 0.1) is 5.92 Å². The molecule has 0 radical (unpaired) electrons. The van der Waals surface area contributed by atoms with Gasteiger partial charge in [0.1, 0.15) is 6.61 Å². The van der Waals surface area contributed by atoms with Crippen LogP contribution in [0.1, 0.15) is 12.8 Å². The van der Waals surface area contributed by atoms with Crippen molar-refractivity contribution in [2.75, 3.05) is 19.7 Å². The van der Waals surface area contributed by atoms with Crippen LogP contribution >= 0.6 is 0 Å². The van der Waals surface area contributed by atoms with Gasteiger partial charge in [-0.05, 0) is 12.8 Å². The molecule has 0 aromatic carbocycles. The molecule has 0 spiro atoms. The first kappa shape index (κ1) is 11.6. The van der Waals surface area contributed by atoms with Crippen LogP contribution < -0.4 is 0 Å². The fourth-order valence-electron chi connectivity index (χ4n) is 1.57. The molecule has 0 bridgehead atoms. The van der Waals surface area contributed by atoms with Crippen LogP contribution in [0, 0.1) is 5.92 Å². The summed E-state index contributed by atoms with van der Waals surface area (Å²) in [6.07, 6.45) is 2.36. The Labute approximate surface area is 88.3 Å². The smallest absolute Gasteiger partial charge is 0.410 e. The van der Waals surface area contributed by atoms with E-state index in [-0.39, 0.29) is 13.2 Å². The average molecular weight is 213 g/mol. The summed E-state index contributed by atoms with van der Waals surface area (Å²) >= 11 is 0. The number of carboxylic acids is 1. The second kappa shape index (κ2) is 5.38. The number of amides is 1. The summed E-state index contributed by atoms with van der Waals surface area (Å²) in [6, 6.07) is 0. The van der Waals surface area contributed by atoms with Gasteiger partial charge in [0, 0.05) is 13.1 Å². The maximum Gasteiger partial charge on any atom is 0.410 e. The van der Waals surface area contributed by atoms with E-state index in [0.29, 0.717) is 19.4 Å². The highest BCUT2D eigenvalue weighted by Crippen LogP contribution is 2.17. The van der Waals surface area contributed by atoms with E-state index in [1.54, 1.807) is 0 Å². The number of hydrogen-bond acceptors (Lipinski definition) is 3. The number of piperidine rings is 1. The summed E-state index contributed by atoms with van der Waals surface area (Å²) in [7, 11) is 0. The van der Waals surface area contributed by atoms with Gasteiger partial charge in [-0.2, -0.15) is 0 Å². The molecule has 0 unspecified atom stereocenters. The highest BCUT2D eigenvalue weighted by molar-refractivity contribution is 5.73. The van der Waals surface area contributed by atoms with E-state index >= 15 is 0 Å². The zero-order valence-electron chi connectivity index (χ0n) is 8.52. The Morgan fingerprint density at radius 3 is 2.93 bits per heavy atom. The monoisotopic (exact) mass is 213 g/mol. The van der Waals surface area contributed by atoms with Gasteiger partial charge in [-0.15, -0.1) is 0 Å². The molecule has 1 N–H and O–H groups in total. The van der Waals surface area contributed by atoms with E-state index in [2.05, 4.69) is 6.58 Å². The van der Waals surface area contributed by atoms with Crippen LogP contribution in [0.4, 0.5) is 4.79 Å². The molecular formula is C10H15NO4. The lowest BCUT2D eigenvalue weighted by Gasteiger charge is -2.29. The molecule has 0 aliphatic carbocycles. The second-order valence-corrected chi connectivity index (χ2v) is 3.49. The molecule has 5 heteroatoms. The summed E-state index contributed by atoms with van der Waals surface area (Å²) in [4.78, 5) is 23.6. The molecule has 1 aliphatic heterocycles. The van der Waals surface area contributed by atoms with Gasteiger partial charge in [0.25, 0.3) is 0 Å². The third kappa shape index (κ3) is 3.27. The maximum atomic E-state index is 11.4. The summed E-state index contributed by atoms with van der Waals surface area (Å²) in [5.41, 5.74) is 0. The number of carbonyl (C=O) groups is 2. The predicted octanol–water partition coefficient (Wildman–Crippen LogP) is 1.11. The van der Waals surface area contributed by atoms with E-state index in [0.717, 1.165) is 0 Å². The van der Waals surface area contributed by atoms with Crippen molar-refractivity contribution >= 4 is 12.1 Å². The molecule has 1 atom stereocenters. The van der Waals surface area contributed by atoms with Crippen molar-refractivity contribution < 1.29 is 19.4 Å². The van der Waals surface area contributed by atoms with Crippen molar-refractivity contribution in [2.45, 2.75) is 12.8 Å². The molecule has 0 saturated carbocycles. The Kier molecular flexibility index (Phi) is 4.15. The molecule has 1 amide bonds. The molecule has 0 aromatic rings. The van der Waals surface area contributed by atoms with Crippen molar-refractivity contribution in [1.29, 1.82) is 0 Å². The zero-order chi connectivity index (χ0) is 11.3. The first-order valence-corrected chi connectivity index (χ1v) is 4.90. The second-order valence-electron chi connectivity index (χ2n) is 3.49. The Morgan fingerprint density at radius 1 is 1.60 bits per heavy atom. The molecule has 0 aromatic heterocycles. The number of ether oxygens (including phenoxy) is 1. The first-order chi connectivity index (χ1) is 7.15. The lowest BCUT2D eigenvalue weighted by atomic mass is 9.99. The minimum Gasteiger partial charge on any atom is -0.481 e. The SMILES string of the molecule is C=CCOC(=O)N1CCC[C@@H](C(=O)O)C1. The Bertz CT molecular complexity index is 264. The van der Waals surface area contributed by atoms with Crippen molar-refractivity contribution in [1.82, 2.24) is 4.90 Å². The summed E-state index contributed by atoms with van der Waals surface area (Å²) in [5, 5.41) is 8.82. The van der Waals surface area contributed by atoms with Crippen molar-refractivity contribution in [3.05, 3.63) is 12.7 Å². The number of hydrogen-bond donors (Lipinski definition) is 1. The van der Waals surface area contributed by atoms with E-state index in [9.17, 15) is 9.59 Å². The molecule has 1 saturated heterocycles. The highest BCUT2D eigenvalue weighted by atomic mass is 16.6. The molecule has 15 heavy (non-hydrogen) atoms. The summed E-state index contributed by atoms with van der Waals surface area (Å²) < 4.78 is 4.83. The number of rotatable bonds is 3. The molecular weight excluding hydrogens is 198 g/mol. The molecule has 1 rings (SSSR count). The fraction of sp³-hybridized carbons (Fsp3) is 0.600. The van der Waals surface area contributed by atoms with Crippen LogP contribution in [-0.4, -0.2) is 41.8 Å². The number of carbonyl (C=O) groups excluding carboxylic acids is 1. The lowest BCUT2D eigenvalue weighted by Crippen LogP contribution is -2.42. The van der Waals surface area contributed by atoms with Crippen LogP contribution in [0.3, 0.4) is 0 Å². The first-order valence-electron chi connectivity index (χ1n) is 4.90. The molecule has 5 nitrogen and oxygen atoms in total. The van der Waals surface area contributed by atoms with Gasteiger partial charge >= 0.3 is 12.1 Å². The van der Waals surface area contributed by atoms with Gasteiger partial charge in [0.2, 0.25) is 0 Å². The topological polar surface area (TPSA) is 66.8 Å². The van der Waals surface area contributed by atoms with Crippen LogP contribution in [0.15, 0.2) is 12.7 Å². The average Bonchev–Trinajstić information content (AvgIpc) is 2.26. The molecule has 1 heterocycles. The van der Waals surface area contributed by atoms with Gasteiger partial charge in [-0.1, -0.05) is 12.7 Å². The quantitative estimate of drug-likeness (QED) is 0.713. The van der Waals surface area contributed by atoms with Crippen molar-refractivity contribution in [3.63, 3.8) is 0 Å². The van der Waals surface area contributed by atoms with Gasteiger partial charge in [-0.3, -0.25) is 4.79 Å². The van der Waals surface area contributed by atoms with Gasteiger partial charge in [-0.25, -0.2) is 4.79 Å². The largest absolute Gasteiger partial charge is 0.481 e. The van der Waals surface area contributed by atoms with Crippen LogP contribution in [0.25, 0.3) is 0 Å². The molecule has 84 valence electrons. The van der Waals surface area contributed by atoms with Crippen LogP contribution in [-0.2, 0) is 9.53 Å². The van der Waals surface area contributed by atoms with Gasteiger partial charge in [0.15, 0.2) is 0 Å². The minimum atomic E-state index is -0.851. The molecule has 1 aliphatic rings. The summed E-state index contributed by atoms with van der Waals surface area (Å²) in [6.45, 7) is 4.40. The van der Waals surface area contributed by atoms with Crippen LogP contribution in [0.5, 0.6) is 0 Å². The predicted molar refractivity (Wildman–Crippen MR) is 53.5 cm³/mol. The van der Waals surface area contributed by atoms with Crippen molar-refractivity contribution in [3.8, 4) is 0 Å². The number of carboxylic acid groups (broad SMARTS) is 1. The highest BCUT2D eigenvalue weighted by Gasteiger charge is 2.28. The maximum absolute atomic E-state index is 11.4. The van der Waals surface area contributed by atoms with E-state index < -0.39 is 18.0 Å². The summed E-state index contributed by atoms with van der Waals surface area (Å²) in [5.74, 6) is -1.31. The van der Waals surface area contributed by atoms with E-state index in [4.69, 9.17) is 9.84 Å². The number of aliphatic carboxylic acids is 1. The Balaban J connectivity index is 2.44. The fourth-order valence-corrected chi connectivity index (χ4v) is 1.57. The Morgan fingerprint density at radius 2 is 2.33 bits per heavy atom. The normalized spacial score (nSPS) is 20.8. The zero-order valence-corrected chi connectivity index (χ0v) is 8.52. The standard InChI is InChI=1S/C10H15NO4/c1-2-6-15-10(14)11-5-3-4-8(7-11)9(12)13/h2,8H,1,3-7H2,(H,12,13)/t8-/m1/s1. The lowest BCUT2D eigenvalue weighted by molar-refractivity contribution is -0.143. The van der Waals surface area contributed by atoms with Crippen LogP contribution in [0.2, 0.25) is 0 Å². The van der Waals surface area contributed by atoms with Gasteiger partial charge < -0.3 is 14.7 Å². The Hall–Kier alpha value is -1.52. The number of likely N-dealkylation sites (tertiary alicyclic amines) is 1. The van der Waals surface area contributed by atoms with E-state index in [1.165, 1.54) is 11.0 Å². The third-order valence-electron chi connectivity index (χ3n) is 2.35. The minimum absolute atomic E-state index is 0.160. The van der Waals surface area contributed by atoms with E-state index in [1.807, 2.05) is 0 Å². The number of nitrogens with zero attached hydrogens (tertiary/aromatic N) is 1. The third-order valence-corrected chi connectivity index (χ3v) is 2.35. The van der Waals surface area contributed by atoms with Crippen molar-refractivity contribution in [2.24, 2.45) is 5.92 Å².